The van der Waals surface area contributed by atoms with E-state index in [0.717, 1.165) is 31.5 Å². The third kappa shape index (κ3) is 3.13. The topological polar surface area (TPSA) is 71.3 Å². The van der Waals surface area contributed by atoms with Gasteiger partial charge in [-0.3, -0.25) is 9.59 Å². The summed E-state index contributed by atoms with van der Waals surface area (Å²) in [4.78, 5) is 27.2. The molecule has 1 aromatic rings. The molecule has 3 rings (SSSR count). The van der Waals surface area contributed by atoms with Crippen LogP contribution in [-0.4, -0.2) is 56.2 Å². The van der Waals surface area contributed by atoms with Gasteiger partial charge in [0.15, 0.2) is 0 Å². The van der Waals surface area contributed by atoms with E-state index in [2.05, 4.69) is 17.2 Å². The first-order chi connectivity index (χ1) is 10.7. The maximum absolute atomic E-state index is 11.9. The Labute approximate surface area is 130 Å². The van der Waals surface area contributed by atoms with E-state index in [1.165, 1.54) is 0 Å². The predicted octanol–water partition coefficient (Wildman–Crippen LogP) is 0.974. The van der Waals surface area contributed by atoms with Crippen molar-refractivity contribution < 1.29 is 9.59 Å². The highest BCUT2D eigenvalue weighted by molar-refractivity contribution is 5.78. The lowest BCUT2D eigenvalue weighted by Gasteiger charge is -2.39. The Morgan fingerprint density at radius 3 is 2.91 bits per heavy atom. The molecular formula is C15H23N5O2. The van der Waals surface area contributed by atoms with Gasteiger partial charge in [0.2, 0.25) is 11.8 Å². The standard InChI is InChI=1S/C15H23N5O2/c1-2-3-5-15(22)19-10-13(11-19)20-9-12(16-17-20)8-18-7-4-6-14(18)21/h9,13H,2-8,10-11H2,1H3. The number of unbranched alkanes of at least 4 members (excludes halogenated alkanes) is 1. The molecule has 3 heterocycles. The van der Waals surface area contributed by atoms with E-state index in [4.69, 9.17) is 0 Å². The zero-order valence-corrected chi connectivity index (χ0v) is 13.1. The van der Waals surface area contributed by atoms with Crippen LogP contribution >= 0.6 is 0 Å². The van der Waals surface area contributed by atoms with Crippen LogP contribution in [0.5, 0.6) is 0 Å². The number of likely N-dealkylation sites (tertiary alicyclic amines) is 2. The monoisotopic (exact) mass is 305 g/mol. The molecule has 7 nitrogen and oxygen atoms in total. The molecule has 0 radical (unpaired) electrons. The highest BCUT2D eigenvalue weighted by atomic mass is 16.2. The first kappa shape index (κ1) is 15.0. The van der Waals surface area contributed by atoms with Crippen LogP contribution in [0.15, 0.2) is 6.20 Å². The van der Waals surface area contributed by atoms with E-state index >= 15 is 0 Å². The van der Waals surface area contributed by atoms with E-state index in [1.807, 2.05) is 20.7 Å². The van der Waals surface area contributed by atoms with Gasteiger partial charge in [-0.1, -0.05) is 18.6 Å². The Balaban J connectivity index is 1.49. The number of rotatable bonds is 6. The van der Waals surface area contributed by atoms with Crippen LogP contribution in [0.4, 0.5) is 0 Å². The van der Waals surface area contributed by atoms with Crippen molar-refractivity contribution in [1.29, 1.82) is 0 Å². The summed E-state index contributed by atoms with van der Waals surface area (Å²) in [6.45, 7) is 4.88. The number of amides is 2. The van der Waals surface area contributed by atoms with Crippen molar-refractivity contribution >= 4 is 11.8 Å². The first-order valence-electron chi connectivity index (χ1n) is 8.13. The molecule has 0 aliphatic carbocycles. The average molecular weight is 305 g/mol. The summed E-state index contributed by atoms with van der Waals surface area (Å²) >= 11 is 0. The minimum atomic E-state index is 0.200. The maximum atomic E-state index is 11.9. The molecule has 0 unspecified atom stereocenters. The normalized spacial score (nSPS) is 18.9. The van der Waals surface area contributed by atoms with Gasteiger partial charge >= 0.3 is 0 Å². The number of aromatic nitrogens is 3. The molecule has 2 aliphatic heterocycles. The predicted molar refractivity (Wildman–Crippen MR) is 79.8 cm³/mol. The maximum Gasteiger partial charge on any atom is 0.222 e. The van der Waals surface area contributed by atoms with Crippen molar-refractivity contribution in [1.82, 2.24) is 24.8 Å². The summed E-state index contributed by atoms with van der Waals surface area (Å²) < 4.78 is 1.83. The number of hydrogen-bond acceptors (Lipinski definition) is 4. The number of carbonyl (C=O) groups is 2. The van der Waals surface area contributed by atoms with Crippen LogP contribution in [0.25, 0.3) is 0 Å². The molecular weight excluding hydrogens is 282 g/mol. The summed E-state index contributed by atoms with van der Waals surface area (Å²) in [5.74, 6) is 0.437. The van der Waals surface area contributed by atoms with Gasteiger partial charge in [0.05, 0.1) is 18.8 Å². The second kappa shape index (κ2) is 6.46. The Hall–Kier alpha value is -1.92. The van der Waals surface area contributed by atoms with Gasteiger partial charge in [-0.25, -0.2) is 4.68 Å². The first-order valence-corrected chi connectivity index (χ1v) is 8.13. The highest BCUT2D eigenvalue weighted by Gasteiger charge is 2.32. The smallest absolute Gasteiger partial charge is 0.222 e. The second-order valence-corrected chi connectivity index (χ2v) is 6.16. The second-order valence-electron chi connectivity index (χ2n) is 6.16. The van der Waals surface area contributed by atoms with Gasteiger partial charge in [-0.15, -0.1) is 5.10 Å². The molecule has 0 spiro atoms. The van der Waals surface area contributed by atoms with E-state index in [1.54, 1.807) is 0 Å². The van der Waals surface area contributed by atoms with Crippen molar-refractivity contribution in [3.63, 3.8) is 0 Å². The van der Waals surface area contributed by atoms with Crippen LogP contribution in [0, 0.1) is 0 Å². The van der Waals surface area contributed by atoms with Gasteiger partial charge < -0.3 is 9.80 Å². The molecule has 2 aliphatic rings. The molecule has 0 bridgehead atoms. The molecule has 2 saturated heterocycles. The molecule has 1 aromatic heterocycles. The zero-order valence-electron chi connectivity index (χ0n) is 13.1. The fourth-order valence-electron chi connectivity index (χ4n) is 2.94. The van der Waals surface area contributed by atoms with Gasteiger partial charge in [0.25, 0.3) is 0 Å². The van der Waals surface area contributed by atoms with Crippen molar-refractivity contribution in [3.8, 4) is 0 Å². The number of nitrogens with zero attached hydrogens (tertiary/aromatic N) is 5. The summed E-state index contributed by atoms with van der Waals surface area (Å²) in [5.41, 5.74) is 0.825. The summed E-state index contributed by atoms with van der Waals surface area (Å²) in [5, 5.41) is 8.30. The Kier molecular flexibility index (Phi) is 4.40. The lowest BCUT2D eigenvalue weighted by molar-refractivity contribution is -0.137. The fraction of sp³-hybridized carbons (Fsp3) is 0.733. The molecule has 2 amide bonds. The van der Waals surface area contributed by atoms with E-state index in [9.17, 15) is 9.59 Å². The Bertz CT molecular complexity index is 550. The van der Waals surface area contributed by atoms with Crippen LogP contribution in [0.2, 0.25) is 0 Å². The van der Waals surface area contributed by atoms with Crippen molar-refractivity contribution in [2.24, 2.45) is 0 Å². The SMILES string of the molecule is CCCCC(=O)N1CC(n2cc(CN3CCCC3=O)nn2)C1. The molecule has 7 heteroatoms. The van der Waals surface area contributed by atoms with Crippen molar-refractivity contribution in [3.05, 3.63) is 11.9 Å². The van der Waals surface area contributed by atoms with E-state index < -0.39 is 0 Å². The lowest BCUT2D eigenvalue weighted by atomic mass is 10.1. The molecule has 0 N–H and O–H groups in total. The van der Waals surface area contributed by atoms with Crippen LogP contribution in [-0.2, 0) is 16.1 Å². The largest absolute Gasteiger partial charge is 0.338 e. The lowest BCUT2D eigenvalue weighted by Crippen LogP contribution is -2.50. The third-order valence-electron chi connectivity index (χ3n) is 4.42. The van der Waals surface area contributed by atoms with E-state index in [-0.39, 0.29) is 17.9 Å². The highest BCUT2D eigenvalue weighted by Crippen LogP contribution is 2.22. The number of hydrogen-bond donors (Lipinski definition) is 0. The van der Waals surface area contributed by atoms with Gasteiger partial charge in [0, 0.05) is 32.5 Å². The Morgan fingerprint density at radius 1 is 1.41 bits per heavy atom. The van der Waals surface area contributed by atoms with Crippen LogP contribution in [0.3, 0.4) is 0 Å². The Morgan fingerprint density at radius 2 is 2.23 bits per heavy atom. The third-order valence-corrected chi connectivity index (χ3v) is 4.42. The van der Waals surface area contributed by atoms with Crippen LogP contribution in [0.1, 0.15) is 50.8 Å². The quantitative estimate of drug-likeness (QED) is 0.785. The summed E-state index contributed by atoms with van der Waals surface area (Å²) in [6, 6.07) is 0.223. The average Bonchev–Trinajstić information content (AvgIpc) is 3.06. The minimum absolute atomic E-state index is 0.200. The fourth-order valence-corrected chi connectivity index (χ4v) is 2.94. The van der Waals surface area contributed by atoms with Gasteiger partial charge in [-0.05, 0) is 12.8 Å². The van der Waals surface area contributed by atoms with Gasteiger partial charge in [0.1, 0.15) is 5.69 Å². The molecule has 0 atom stereocenters. The molecule has 0 saturated carbocycles. The van der Waals surface area contributed by atoms with E-state index in [0.29, 0.717) is 32.5 Å². The number of carbonyl (C=O) groups excluding carboxylic acids is 2. The van der Waals surface area contributed by atoms with Crippen molar-refractivity contribution in [2.45, 2.75) is 51.6 Å². The summed E-state index contributed by atoms with van der Waals surface area (Å²) in [7, 11) is 0. The van der Waals surface area contributed by atoms with Gasteiger partial charge in [-0.2, -0.15) is 0 Å². The summed E-state index contributed by atoms with van der Waals surface area (Å²) in [6.07, 6.45) is 6.13. The molecule has 2 fully saturated rings. The molecule has 22 heavy (non-hydrogen) atoms. The van der Waals surface area contributed by atoms with Crippen molar-refractivity contribution in [2.75, 3.05) is 19.6 Å². The molecule has 0 aromatic carbocycles. The zero-order chi connectivity index (χ0) is 15.5. The molecule has 120 valence electrons. The van der Waals surface area contributed by atoms with Crippen LogP contribution < -0.4 is 0 Å². The minimum Gasteiger partial charge on any atom is -0.338 e.